The molecule has 0 bridgehead atoms. The Bertz CT molecular complexity index is 934. The molecule has 0 atom stereocenters. The monoisotopic (exact) mass is 288 g/mol. The second-order valence-electron chi connectivity index (χ2n) is 5.38. The summed E-state index contributed by atoms with van der Waals surface area (Å²) in [6.07, 6.45) is 0. The second-order valence-corrected chi connectivity index (χ2v) is 5.38. The van der Waals surface area contributed by atoms with E-state index in [1.807, 2.05) is 43.3 Å². The Morgan fingerprint density at radius 3 is 2.09 bits per heavy atom. The molecule has 0 N–H and O–H groups in total. The Balaban J connectivity index is 2.10. The van der Waals surface area contributed by atoms with Crippen LogP contribution in [0.5, 0.6) is 0 Å². The van der Waals surface area contributed by atoms with Crippen molar-refractivity contribution in [2.45, 2.75) is 13.8 Å². The van der Waals surface area contributed by atoms with Gasteiger partial charge in [0.1, 0.15) is 0 Å². The molecule has 0 unspecified atom stereocenters. The number of aryl methyl sites for hydroxylation is 2. The summed E-state index contributed by atoms with van der Waals surface area (Å²) in [5.74, 6) is 0.900. The summed E-state index contributed by atoms with van der Waals surface area (Å²) >= 11 is 0. The minimum atomic E-state index is 0.900. The summed E-state index contributed by atoms with van der Waals surface area (Å²) in [7, 11) is 0. The van der Waals surface area contributed by atoms with E-state index < -0.39 is 0 Å². The molecule has 0 aliphatic rings. The molecule has 0 saturated carbocycles. The van der Waals surface area contributed by atoms with E-state index in [4.69, 9.17) is 5.10 Å². The lowest BCUT2D eigenvalue weighted by Crippen LogP contribution is -1.98. The number of hydrogen-bond acceptors (Lipinski definition) is 2. The van der Waals surface area contributed by atoms with Crippen molar-refractivity contribution in [3.05, 3.63) is 71.9 Å². The summed E-state index contributed by atoms with van der Waals surface area (Å²) in [6.45, 7) is 4.11. The molecule has 108 valence electrons. The van der Waals surface area contributed by atoms with Crippen molar-refractivity contribution in [3.63, 3.8) is 0 Å². The molecule has 4 aromatic rings. The first kappa shape index (κ1) is 12.8. The van der Waals surface area contributed by atoms with Crippen molar-refractivity contribution in [2.75, 3.05) is 0 Å². The molecule has 0 fully saturated rings. The largest absolute Gasteiger partial charge is 0.275 e. The van der Waals surface area contributed by atoms with Gasteiger partial charge in [0.2, 0.25) is 0 Å². The molecule has 2 heterocycles. The molecule has 0 spiro atoms. The Morgan fingerprint density at radius 2 is 1.41 bits per heavy atom. The molecule has 0 radical (unpaired) electrons. The van der Waals surface area contributed by atoms with Crippen molar-refractivity contribution in [1.82, 2.24) is 19.4 Å². The second kappa shape index (κ2) is 4.84. The highest BCUT2D eigenvalue weighted by atomic mass is 15.5. The van der Waals surface area contributed by atoms with E-state index >= 15 is 0 Å². The van der Waals surface area contributed by atoms with E-state index in [0.29, 0.717) is 0 Å². The Hall–Kier alpha value is -2.88. The molecule has 0 saturated heterocycles. The van der Waals surface area contributed by atoms with Gasteiger partial charge in [-0.1, -0.05) is 48.5 Å². The molecule has 4 nitrogen and oxygen atoms in total. The fourth-order valence-electron chi connectivity index (χ4n) is 2.73. The van der Waals surface area contributed by atoms with Crippen LogP contribution in [0.25, 0.3) is 22.7 Å². The molecule has 22 heavy (non-hydrogen) atoms. The first-order chi connectivity index (χ1) is 10.8. The van der Waals surface area contributed by atoms with Crippen molar-refractivity contribution in [1.29, 1.82) is 0 Å². The third kappa shape index (κ3) is 1.84. The van der Waals surface area contributed by atoms with Crippen LogP contribution in [-0.2, 0) is 0 Å². The van der Waals surface area contributed by atoms with E-state index in [1.165, 1.54) is 0 Å². The first-order valence-corrected chi connectivity index (χ1v) is 7.31. The highest BCUT2D eigenvalue weighted by Gasteiger charge is 2.18. The molecule has 0 aliphatic carbocycles. The van der Waals surface area contributed by atoms with Crippen LogP contribution in [-0.4, -0.2) is 19.4 Å². The van der Waals surface area contributed by atoms with Crippen LogP contribution in [0.1, 0.15) is 11.3 Å². The van der Waals surface area contributed by atoms with E-state index in [1.54, 1.807) is 4.63 Å². The Kier molecular flexibility index (Phi) is 2.82. The minimum absolute atomic E-state index is 0.900. The van der Waals surface area contributed by atoms with Crippen LogP contribution >= 0.6 is 0 Å². The van der Waals surface area contributed by atoms with Gasteiger partial charge in [0, 0.05) is 16.8 Å². The summed E-state index contributed by atoms with van der Waals surface area (Å²) < 4.78 is 3.91. The number of benzene rings is 2. The third-order valence-electron chi connectivity index (χ3n) is 3.97. The highest BCUT2D eigenvalue weighted by molar-refractivity contribution is 5.66. The Labute approximate surface area is 128 Å². The smallest absolute Gasteiger partial charge is 0.168 e. The van der Waals surface area contributed by atoms with Crippen LogP contribution in [0, 0.1) is 13.8 Å². The number of rotatable bonds is 2. The van der Waals surface area contributed by atoms with Crippen LogP contribution in [0.2, 0.25) is 0 Å². The molecule has 4 heteroatoms. The van der Waals surface area contributed by atoms with Gasteiger partial charge in [0.15, 0.2) is 11.5 Å². The Morgan fingerprint density at radius 1 is 0.773 bits per heavy atom. The van der Waals surface area contributed by atoms with Gasteiger partial charge < -0.3 is 0 Å². The predicted octanol–water partition coefficient (Wildman–Crippen LogP) is 3.80. The SMILES string of the molecule is Cc1nn2nc(-c3ccccc3)n(-c3ccccc3)c2c1C. The lowest BCUT2D eigenvalue weighted by Gasteiger charge is -2.08. The number of aromatic nitrogens is 4. The van der Waals surface area contributed by atoms with Gasteiger partial charge >= 0.3 is 0 Å². The summed E-state index contributed by atoms with van der Waals surface area (Å²) in [5, 5.41) is 9.24. The minimum Gasteiger partial charge on any atom is -0.275 e. The van der Waals surface area contributed by atoms with Crippen molar-refractivity contribution in [3.8, 4) is 17.1 Å². The molecule has 0 amide bonds. The van der Waals surface area contributed by atoms with Crippen molar-refractivity contribution in [2.24, 2.45) is 0 Å². The van der Waals surface area contributed by atoms with Gasteiger partial charge in [0.05, 0.1) is 5.69 Å². The van der Waals surface area contributed by atoms with E-state index in [2.05, 4.69) is 40.9 Å². The lowest BCUT2D eigenvalue weighted by atomic mass is 10.2. The number of fused-ring (bicyclic) bond motifs is 1. The summed E-state index contributed by atoms with van der Waals surface area (Å²) in [5.41, 5.74) is 5.34. The number of para-hydroxylation sites is 1. The number of hydrogen-bond donors (Lipinski definition) is 0. The quantitative estimate of drug-likeness (QED) is 0.562. The fourth-order valence-corrected chi connectivity index (χ4v) is 2.73. The zero-order valence-electron chi connectivity index (χ0n) is 12.6. The molecular formula is C18H16N4. The van der Waals surface area contributed by atoms with Crippen LogP contribution in [0.15, 0.2) is 60.7 Å². The van der Waals surface area contributed by atoms with E-state index in [-0.39, 0.29) is 0 Å². The maximum Gasteiger partial charge on any atom is 0.168 e. The molecule has 4 rings (SSSR count). The van der Waals surface area contributed by atoms with Crippen molar-refractivity contribution >= 4 is 5.65 Å². The van der Waals surface area contributed by atoms with E-state index in [9.17, 15) is 0 Å². The van der Waals surface area contributed by atoms with Crippen molar-refractivity contribution < 1.29 is 0 Å². The van der Waals surface area contributed by atoms with Crippen LogP contribution < -0.4 is 0 Å². The number of nitrogens with zero attached hydrogens (tertiary/aromatic N) is 4. The molecule has 2 aromatic carbocycles. The van der Waals surface area contributed by atoms with E-state index in [0.717, 1.165) is 34.0 Å². The van der Waals surface area contributed by atoms with Gasteiger partial charge in [-0.2, -0.15) is 5.10 Å². The van der Waals surface area contributed by atoms with Gasteiger partial charge in [-0.3, -0.25) is 4.57 Å². The van der Waals surface area contributed by atoms with Crippen LogP contribution in [0.3, 0.4) is 0 Å². The maximum absolute atomic E-state index is 4.71. The van der Waals surface area contributed by atoms with Crippen LogP contribution in [0.4, 0.5) is 0 Å². The maximum atomic E-state index is 4.71. The van der Waals surface area contributed by atoms with Gasteiger partial charge in [-0.25, -0.2) is 0 Å². The molecule has 2 aromatic heterocycles. The molecule has 0 aliphatic heterocycles. The zero-order valence-corrected chi connectivity index (χ0v) is 12.6. The summed E-state index contributed by atoms with van der Waals surface area (Å²) in [4.78, 5) is 0. The van der Waals surface area contributed by atoms with Gasteiger partial charge in [0.25, 0.3) is 0 Å². The summed E-state index contributed by atoms with van der Waals surface area (Å²) in [6, 6.07) is 20.5. The van der Waals surface area contributed by atoms with Gasteiger partial charge in [-0.05, 0) is 26.0 Å². The molecular weight excluding hydrogens is 272 g/mol. The first-order valence-electron chi connectivity index (χ1n) is 7.31. The zero-order chi connectivity index (χ0) is 15.1. The fraction of sp³-hybridized carbons (Fsp3) is 0.111. The normalized spacial score (nSPS) is 11.2. The standard InChI is InChI=1S/C18H16N4/c1-13-14(2)19-22-18(13)21(16-11-7-4-8-12-16)17(20-22)15-9-5-3-6-10-15/h3-12H,1-2H3. The average molecular weight is 288 g/mol. The predicted molar refractivity (Wildman–Crippen MR) is 87.2 cm³/mol. The third-order valence-corrected chi connectivity index (χ3v) is 3.97. The average Bonchev–Trinajstić information content (AvgIpc) is 3.06. The topological polar surface area (TPSA) is 35.1 Å². The highest BCUT2D eigenvalue weighted by Crippen LogP contribution is 2.27. The lowest BCUT2D eigenvalue weighted by molar-refractivity contribution is 0.810. The van der Waals surface area contributed by atoms with Gasteiger partial charge in [-0.15, -0.1) is 9.73 Å².